The maximum Gasteiger partial charge on any atom is 0.0949 e. The van der Waals surface area contributed by atoms with E-state index in [4.69, 9.17) is 0 Å². The molecule has 3 unspecified atom stereocenters. The Morgan fingerprint density at radius 1 is 1.26 bits per heavy atom. The lowest BCUT2D eigenvalue weighted by Crippen LogP contribution is -2.35. The van der Waals surface area contributed by atoms with Crippen LogP contribution in [0.4, 0.5) is 0 Å². The monoisotopic (exact) mass is 257 g/mol. The summed E-state index contributed by atoms with van der Waals surface area (Å²) in [6.07, 6.45) is 14.8. The van der Waals surface area contributed by atoms with Crippen molar-refractivity contribution in [3.05, 3.63) is 43.0 Å². The zero-order valence-corrected chi connectivity index (χ0v) is 11.1. The molecular weight excluding hydrogens is 238 g/mol. The molecule has 5 heteroatoms. The van der Waals surface area contributed by atoms with Crippen LogP contribution in [-0.4, -0.2) is 25.6 Å². The highest BCUT2D eigenvalue weighted by molar-refractivity contribution is 5.03. The maximum atomic E-state index is 4.36. The van der Waals surface area contributed by atoms with Crippen molar-refractivity contribution in [1.29, 1.82) is 0 Å². The molecule has 1 aliphatic rings. The molecule has 0 radical (unpaired) electrons. The van der Waals surface area contributed by atoms with Crippen LogP contribution in [0.25, 0.3) is 0 Å². The van der Waals surface area contributed by atoms with Gasteiger partial charge in [0, 0.05) is 49.1 Å². The molecule has 100 valence electrons. The Bertz CT molecular complexity index is 496. The van der Waals surface area contributed by atoms with Gasteiger partial charge < -0.3 is 9.88 Å². The van der Waals surface area contributed by atoms with Gasteiger partial charge in [-0.25, -0.2) is 4.98 Å². The summed E-state index contributed by atoms with van der Waals surface area (Å²) in [5, 5.41) is 3.68. The lowest BCUT2D eigenvalue weighted by molar-refractivity contribution is 0.359. The van der Waals surface area contributed by atoms with E-state index in [0.29, 0.717) is 12.1 Å². The molecule has 0 saturated heterocycles. The topological polar surface area (TPSA) is 55.6 Å². The zero-order chi connectivity index (χ0) is 13.1. The fourth-order valence-corrected chi connectivity index (χ4v) is 2.90. The van der Waals surface area contributed by atoms with Crippen molar-refractivity contribution in [3.63, 3.8) is 0 Å². The lowest BCUT2D eigenvalue weighted by atomic mass is 10.1. The summed E-state index contributed by atoms with van der Waals surface area (Å²) in [7, 11) is 0. The molecule has 5 nitrogen and oxygen atoms in total. The molecule has 3 atom stereocenters. The Labute approximate surface area is 113 Å². The highest BCUT2D eigenvalue weighted by Crippen LogP contribution is 2.31. The second kappa shape index (κ2) is 5.48. The molecule has 1 N–H and O–H groups in total. The Morgan fingerprint density at radius 2 is 2.21 bits per heavy atom. The van der Waals surface area contributed by atoms with Crippen molar-refractivity contribution in [2.75, 3.05) is 0 Å². The highest BCUT2D eigenvalue weighted by Gasteiger charge is 2.29. The van der Waals surface area contributed by atoms with E-state index in [1.54, 1.807) is 12.4 Å². The minimum Gasteiger partial charge on any atom is -0.333 e. The van der Waals surface area contributed by atoms with E-state index in [1.165, 1.54) is 19.3 Å². The number of imidazole rings is 1. The van der Waals surface area contributed by atoms with E-state index in [-0.39, 0.29) is 6.04 Å². The summed E-state index contributed by atoms with van der Waals surface area (Å²) in [4.78, 5) is 12.6. The van der Waals surface area contributed by atoms with Gasteiger partial charge in [0.15, 0.2) is 0 Å². The van der Waals surface area contributed by atoms with E-state index in [0.717, 1.165) is 5.69 Å². The van der Waals surface area contributed by atoms with Crippen molar-refractivity contribution in [1.82, 2.24) is 24.8 Å². The Morgan fingerprint density at radius 3 is 2.95 bits per heavy atom. The van der Waals surface area contributed by atoms with Gasteiger partial charge in [0.1, 0.15) is 0 Å². The molecule has 0 bridgehead atoms. The van der Waals surface area contributed by atoms with Gasteiger partial charge in [-0.2, -0.15) is 0 Å². The summed E-state index contributed by atoms with van der Waals surface area (Å²) in [6.45, 7) is 2.15. The van der Waals surface area contributed by atoms with Gasteiger partial charge >= 0.3 is 0 Å². The molecule has 1 saturated carbocycles. The predicted molar refractivity (Wildman–Crippen MR) is 72.5 cm³/mol. The molecule has 0 spiro atoms. The average Bonchev–Trinajstić information content (AvgIpc) is 3.10. The lowest BCUT2D eigenvalue weighted by Gasteiger charge is -2.25. The van der Waals surface area contributed by atoms with Crippen molar-refractivity contribution in [2.45, 2.75) is 44.3 Å². The van der Waals surface area contributed by atoms with Crippen molar-refractivity contribution in [3.8, 4) is 0 Å². The van der Waals surface area contributed by atoms with Crippen LogP contribution in [0.15, 0.2) is 37.3 Å². The third kappa shape index (κ3) is 2.66. The molecular formula is C14H19N5. The summed E-state index contributed by atoms with van der Waals surface area (Å²) in [5.74, 6) is 0. The fourth-order valence-electron chi connectivity index (χ4n) is 2.90. The second-order valence-electron chi connectivity index (χ2n) is 5.13. The minimum absolute atomic E-state index is 0.225. The number of nitrogens with one attached hydrogen (secondary N) is 1. The van der Waals surface area contributed by atoms with Gasteiger partial charge in [-0.15, -0.1) is 0 Å². The molecule has 1 fully saturated rings. The van der Waals surface area contributed by atoms with Gasteiger partial charge in [-0.05, 0) is 26.2 Å². The zero-order valence-electron chi connectivity index (χ0n) is 11.1. The van der Waals surface area contributed by atoms with Crippen molar-refractivity contribution in [2.24, 2.45) is 0 Å². The molecule has 2 aromatic heterocycles. The van der Waals surface area contributed by atoms with Crippen LogP contribution in [0.5, 0.6) is 0 Å². The summed E-state index contributed by atoms with van der Waals surface area (Å²) >= 11 is 0. The number of rotatable bonds is 4. The SMILES string of the molecule is CC(NC1CCCC1n1ccnc1)c1cnccn1. The van der Waals surface area contributed by atoms with E-state index >= 15 is 0 Å². The average molecular weight is 257 g/mol. The van der Waals surface area contributed by atoms with E-state index in [2.05, 4.69) is 38.0 Å². The standard InChI is InChI=1S/C14H19N5/c1-11(13-9-15-5-6-17-13)18-12-3-2-4-14(12)19-8-7-16-10-19/h5-12,14,18H,2-4H2,1H3. The van der Waals surface area contributed by atoms with Crippen LogP contribution < -0.4 is 5.32 Å². The Hall–Kier alpha value is -1.75. The maximum absolute atomic E-state index is 4.36. The highest BCUT2D eigenvalue weighted by atomic mass is 15.1. The quantitative estimate of drug-likeness (QED) is 0.911. The smallest absolute Gasteiger partial charge is 0.0949 e. The predicted octanol–water partition coefficient (Wildman–Crippen LogP) is 2.12. The first-order valence-corrected chi connectivity index (χ1v) is 6.84. The minimum atomic E-state index is 0.225. The first-order chi connectivity index (χ1) is 9.34. The Balaban J connectivity index is 1.69. The number of hydrogen-bond donors (Lipinski definition) is 1. The summed E-state index contributed by atoms with van der Waals surface area (Å²) in [6, 6.07) is 1.20. The van der Waals surface area contributed by atoms with Crippen LogP contribution in [-0.2, 0) is 0 Å². The first kappa shape index (κ1) is 12.3. The molecule has 2 heterocycles. The van der Waals surface area contributed by atoms with Gasteiger partial charge in [0.05, 0.1) is 12.0 Å². The summed E-state index contributed by atoms with van der Waals surface area (Å²) in [5.41, 5.74) is 0.999. The molecule has 19 heavy (non-hydrogen) atoms. The van der Waals surface area contributed by atoms with Gasteiger partial charge in [0.25, 0.3) is 0 Å². The number of aromatic nitrogens is 4. The molecule has 0 aliphatic heterocycles. The largest absolute Gasteiger partial charge is 0.333 e. The van der Waals surface area contributed by atoms with Crippen LogP contribution in [0.1, 0.15) is 44.0 Å². The van der Waals surface area contributed by atoms with Crippen LogP contribution >= 0.6 is 0 Å². The van der Waals surface area contributed by atoms with Crippen molar-refractivity contribution < 1.29 is 0 Å². The van der Waals surface area contributed by atoms with E-state index < -0.39 is 0 Å². The first-order valence-electron chi connectivity index (χ1n) is 6.84. The normalized spacial score (nSPS) is 24.5. The molecule has 0 amide bonds. The van der Waals surface area contributed by atoms with Gasteiger partial charge in [-0.1, -0.05) is 0 Å². The fraction of sp³-hybridized carbons (Fsp3) is 0.500. The van der Waals surface area contributed by atoms with Gasteiger partial charge in [0.2, 0.25) is 0 Å². The van der Waals surface area contributed by atoms with E-state index in [1.807, 2.05) is 18.7 Å². The molecule has 2 aromatic rings. The third-order valence-corrected chi connectivity index (χ3v) is 3.88. The summed E-state index contributed by atoms with van der Waals surface area (Å²) < 4.78 is 2.22. The number of hydrogen-bond acceptors (Lipinski definition) is 4. The van der Waals surface area contributed by atoms with Crippen LogP contribution in [0.3, 0.4) is 0 Å². The Kier molecular flexibility index (Phi) is 3.55. The van der Waals surface area contributed by atoms with Gasteiger partial charge in [-0.3, -0.25) is 9.97 Å². The van der Waals surface area contributed by atoms with Crippen molar-refractivity contribution >= 4 is 0 Å². The molecule has 3 rings (SSSR count). The number of nitrogens with zero attached hydrogens (tertiary/aromatic N) is 4. The van der Waals surface area contributed by atoms with Crippen LogP contribution in [0.2, 0.25) is 0 Å². The second-order valence-corrected chi connectivity index (χ2v) is 5.13. The van der Waals surface area contributed by atoms with E-state index in [9.17, 15) is 0 Å². The molecule has 1 aliphatic carbocycles. The molecule has 0 aromatic carbocycles. The van der Waals surface area contributed by atoms with Crippen LogP contribution in [0, 0.1) is 0 Å². The third-order valence-electron chi connectivity index (χ3n) is 3.88.